The fourth-order valence-corrected chi connectivity index (χ4v) is 6.14. The van der Waals surface area contributed by atoms with Gasteiger partial charge in [0.25, 0.3) is 0 Å². The third-order valence-electron chi connectivity index (χ3n) is 8.58. The van der Waals surface area contributed by atoms with Gasteiger partial charge in [0.05, 0.1) is 13.0 Å². The molecule has 4 heteroatoms. The fourth-order valence-electron chi connectivity index (χ4n) is 6.14. The average Bonchev–Trinajstić information content (AvgIpc) is 2.92. The van der Waals surface area contributed by atoms with E-state index >= 15 is 0 Å². The highest BCUT2D eigenvalue weighted by molar-refractivity contribution is 5.28. The highest BCUT2D eigenvalue weighted by Gasteiger charge is 2.31. The van der Waals surface area contributed by atoms with E-state index in [1.165, 1.54) is 30.9 Å². The molecule has 0 saturated heterocycles. The molecular weight excluding hydrogens is 469 g/mol. The Labute approximate surface area is 220 Å². The van der Waals surface area contributed by atoms with Crippen LogP contribution >= 0.6 is 0 Å². The van der Waals surface area contributed by atoms with Crippen molar-refractivity contribution >= 4 is 0 Å². The van der Waals surface area contributed by atoms with Crippen LogP contribution in [0, 0.1) is 17.7 Å². The first kappa shape index (κ1) is 27.7. The fraction of sp³-hybridized carbons (Fsp3) is 0.515. The van der Waals surface area contributed by atoms with Gasteiger partial charge < -0.3 is 4.74 Å². The zero-order chi connectivity index (χ0) is 26.3. The van der Waals surface area contributed by atoms with Crippen LogP contribution in [0.1, 0.15) is 98.3 Å². The summed E-state index contributed by atoms with van der Waals surface area (Å²) in [6, 6.07) is 12.5. The Hall–Kier alpha value is -2.33. The van der Waals surface area contributed by atoms with Gasteiger partial charge in [-0.15, -0.1) is 13.2 Å². The molecule has 2 fully saturated rings. The van der Waals surface area contributed by atoms with E-state index in [0.29, 0.717) is 23.3 Å². The summed E-state index contributed by atoms with van der Waals surface area (Å²) >= 11 is 0. The summed E-state index contributed by atoms with van der Waals surface area (Å²) in [5.74, 6) is 1.68. The summed E-state index contributed by atoms with van der Waals surface area (Å²) in [5.41, 5.74) is 2.87. The van der Waals surface area contributed by atoms with Crippen LogP contribution in [0.2, 0.25) is 0 Å². The second-order valence-corrected chi connectivity index (χ2v) is 11.1. The molecule has 2 saturated carbocycles. The molecule has 1 nitrogen and oxygen atoms in total. The first-order valence-corrected chi connectivity index (χ1v) is 14.0. The average molecular weight is 511 g/mol. The summed E-state index contributed by atoms with van der Waals surface area (Å²) in [4.78, 5) is 0. The van der Waals surface area contributed by atoms with E-state index < -0.39 is 25.0 Å². The smallest absolute Gasteiger partial charge is 0.315 e. The molecule has 0 unspecified atom stereocenters. The second-order valence-electron chi connectivity index (χ2n) is 11.1. The summed E-state index contributed by atoms with van der Waals surface area (Å²) in [6.07, 6.45) is 11.3. The maximum absolute atomic E-state index is 14.7. The molecule has 37 heavy (non-hydrogen) atoms. The Balaban J connectivity index is 1.26. The van der Waals surface area contributed by atoms with Crippen LogP contribution in [0.25, 0.3) is 0 Å². The van der Waals surface area contributed by atoms with Crippen molar-refractivity contribution in [1.82, 2.24) is 0 Å². The Bertz CT molecular complexity index is 1010. The lowest BCUT2D eigenvalue weighted by Gasteiger charge is -2.28. The largest absolute Gasteiger partial charge is 0.360 e. The maximum atomic E-state index is 14.7. The van der Waals surface area contributed by atoms with Crippen LogP contribution in [0.4, 0.5) is 13.2 Å². The van der Waals surface area contributed by atoms with E-state index in [1.807, 2.05) is 30.4 Å². The second kappa shape index (κ2) is 13.0. The molecule has 0 radical (unpaired) electrons. The molecular formula is C33H41F3O. The van der Waals surface area contributed by atoms with Crippen molar-refractivity contribution in [3.63, 3.8) is 0 Å². The summed E-state index contributed by atoms with van der Waals surface area (Å²) < 4.78 is 48.8. The normalized spacial score (nSPS) is 24.5. The van der Waals surface area contributed by atoms with Crippen LogP contribution in [0.3, 0.4) is 0 Å². The molecule has 2 aliphatic carbocycles. The van der Waals surface area contributed by atoms with Gasteiger partial charge in [-0.1, -0.05) is 48.6 Å². The first-order valence-electron chi connectivity index (χ1n) is 14.0. The third-order valence-corrected chi connectivity index (χ3v) is 8.58. The number of allylic oxidation sites excluding steroid dienone is 2. The van der Waals surface area contributed by atoms with Crippen molar-refractivity contribution in [2.75, 3.05) is 0 Å². The van der Waals surface area contributed by atoms with E-state index in [2.05, 4.69) is 13.2 Å². The molecule has 0 aliphatic heterocycles. The summed E-state index contributed by atoms with van der Waals surface area (Å²) in [6.45, 7) is 7.23. The van der Waals surface area contributed by atoms with Crippen molar-refractivity contribution in [1.29, 1.82) is 0 Å². The first-order chi connectivity index (χ1) is 17.9. The lowest BCUT2D eigenvalue weighted by atomic mass is 9.77. The Kier molecular flexibility index (Phi) is 9.70. The summed E-state index contributed by atoms with van der Waals surface area (Å²) in [7, 11) is 0. The van der Waals surface area contributed by atoms with Gasteiger partial charge >= 0.3 is 6.11 Å². The number of halogens is 3. The van der Waals surface area contributed by atoms with Gasteiger partial charge in [0.1, 0.15) is 5.82 Å². The molecule has 0 N–H and O–H groups in total. The van der Waals surface area contributed by atoms with Crippen LogP contribution in [-0.2, 0) is 17.8 Å². The Morgan fingerprint density at radius 1 is 0.838 bits per heavy atom. The number of benzene rings is 2. The molecule has 2 aromatic carbocycles. The van der Waals surface area contributed by atoms with Crippen LogP contribution in [0.15, 0.2) is 67.8 Å². The van der Waals surface area contributed by atoms with Crippen molar-refractivity contribution in [2.45, 2.75) is 95.2 Å². The summed E-state index contributed by atoms with van der Waals surface area (Å²) in [5, 5.41) is 0. The minimum absolute atomic E-state index is 0.169. The third kappa shape index (κ3) is 7.83. The van der Waals surface area contributed by atoms with Crippen LogP contribution in [0.5, 0.6) is 0 Å². The monoisotopic (exact) mass is 510 g/mol. The van der Waals surface area contributed by atoms with Gasteiger partial charge in [-0.25, -0.2) is 4.39 Å². The quantitative estimate of drug-likeness (QED) is 0.273. The predicted molar refractivity (Wildman–Crippen MR) is 145 cm³/mol. The van der Waals surface area contributed by atoms with E-state index in [1.54, 1.807) is 18.2 Å². The van der Waals surface area contributed by atoms with Gasteiger partial charge in [-0.3, -0.25) is 0 Å². The highest BCUT2D eigenvalue weighted by Crippen LogP contribution is 2.38. The minimum Gasteiger partial charge on any atom is -0.315 e. The van der Waals surface area contributed by atoms with Crippen molar-refractivity contribution in [3.8, 4) is 0 Å². The molecule has 0 heterocycles. The van der Waals surface area contributed by atoms with E-state index in [0.717, 1.165) is 56.4 Å². The number of rotatable bonds is 11. The van der Waals surface area contributed by atoms with Gasteiger partial charge in [-0.2, -0.15) is 8.78 Å². The Morgan fingerprint density at radius 2 is 1.46 bits per heavy atom. The number of ether oxygens (including phenoxy) is 1. The van der Waals surface area contributed by atoms with Gasteiger partial charge in [0.15, 0.2) is 0 Å². The zero-order valence-corrected chi connectivity index (χ0v) is 21.9. The van der Waals surface area contributed by atoms with Gasteiger partial charge in [0.2, 0.25) is 0 Å². The van der Waals surface area contributed by atoms with Gasteiger partial charge in [0, 0.05) is 5.56 Å². The predicted octanol–water partition coefficient (Wildman–Crippen LogP) is 9.88. The van der Waals surface area contributed by atoms with E-state index in [4.69, 9.17) is 4.74 Å². The van der Waals surface area contributed by atoms with E-state index in [9.17, 15) is 13.2 Å². The maximum Gasteiger partial charge on any atom is 0.360 e. The number of alkyl halides is 2. The van der Waals surface area contributed by atoms with Crippen molar-refractivity contribution in [3.05, 3.63) is 95.8 Å². The van der Waals surface area contributed by atoms with Gasteiger partial charge in [-0.05, 0) is 111 Å². The number of hydrogen-bond acceptors (Lipinski definition) is 1. The molecule has 4 rings (SSSR count). The minimum atomic E-state index is -3.36. The van der Waals surface area contributed by atoms with Crippen LogP contribution in [-0.4, -0.2) is 6.11 Å². The molecule has 0 atom stereocenters. The molecule has 0 amide bonds. The lowest BCUT2D eigenvalue weighted by Crippen LogP contribution is -2.24. The van der Waals surface area contributed by atoms with Crippen molar-refractivity contribution < 1.29 is 17.9 Å². The topological polar surface area (TPSA) is 9.23 Å². The Morgan fingerprint density at radius 3 is 2.08 bits per heavy atom. The van der Waals surface area contributed by atoms with E-state index in [-0.39, 0.29) is 5.56 Å². The molecule has 0 spiro atoms. The highest BCUT2D eigenvalue weighted by atomic mass is 19.3. The van der Waals surface area contributed by atoms with Crippen LogP contribution < -0.4 is 0 Å². The van der Waals surface area contributed by atoms with Crippen molar-refractivity contribution in [2.24, 2.45) is 11.8 Å². The standard InChI is InChI=1S/C33H41F3O/c1-3-5-6-25-9-15-27(16-10-25)28-17-11-26(12-18-28)22-33(35,36)37-23-31-20-19-30(21-32(31)34)29-13-7-24(4-2)8-14-29/h3-4,11-12,17-21,24-25,27,29H,1-2,5-10,13-16,22-23H2. The number of hydrogen-bond donors (Lipinski definition) is 0. The molecule has 200 valence electrons. The molecule has 2 aliphatic rings. The molecule has 0 aromatic heterocycles. The lowest BCUT2D eigenvalue weighted by molar-refractivity contribution is -0.244. The molecule has 2 aromatic rings. The molecule has 0 bridgehead atoms. The zero-order valence-electron chi connectivity index (χ0n) is 21.9. The SMILES string of the molecule is C=CCCC1CCC(c2ccc(CC(F)(F)OCc3ccc(C4CCC(C=C)CC4)cc3F)cc2)CC1.